The third-order valence-corrected chi connectivity index (χ3v) is 4.68. The Hall–Kier alpha value is -2.87. The summed E-state index contributed by atoms with van der Waals surface area (Å²) in [6.07, 6.45) is 2.55. The zero-order valence-electron chi connectivity index (χ0n) is 14.7. The van der Waals surface area contributed by atoms with E-state index in [1.54, 1.807) is 18.3 Å². The third-order valence-electron chi connectivity index (χ3n) is 3.61. The smallest absolute Gasteiger partial charge is 0.251 e. The predicted molar refractivity (Wildman–Crippen MR) is 102 cm³/mol. The van der Waals surface area contributed by atoms with Crippen LogP contribution in [0.15, 0.2) is 36.5 Å². The molecule has 8 heteroatoms. The standard InChI is InChI=1S/C18H20N6OS/c1-3-15-23-24-16(26-15)11-21-18(25)13-7-5-6-12(10-13)17-20-9-8-14(22-17)19-4-2/h5-10H,3-4,11H2,1-2H3,(H,21,25)(H,19,20,22). The second kappa shape index (κ2) is 8.48. The molecule has 0 fully saturated rings. The van der Waals surface area contributed by atoms with Crippen molar-refractivity contribution in [2.75, 3.05) is 11.9 Å². The number of nitrogens with zero attached hydrogens (tertiary/aromatic N) is 4. The normalized spacial score (nSPS) is 10.5. The number of aromatic nitrogens is 4. The Labute approximate surface area is 155 Å². The van der Waals surface area contributed by atoms with Gasteiger partial charge in [-0.1, -0.05) is 30.4 Å². The molecule has 0 aliphatic rings. The zero-order valence-corrected chi connectivity index (χ0v) is 15.5. The van der Waals surface area contributed by atoms with Gasteiger partial charge in [-0.3, -0.25) is 4.79 Å². The Morgan fingerprint density at radius 2 is 2.00 bits per heavy atom. The van der Waals surface area contributed by atoms with Gasteiger partial charge < -0.3 is 10.6 Å². The van der Waals surface area contributed by atoms with Crippen LogP contribution in [0.1, 0.15) is 34.2 Å². The molecule has 0 saturated carbocycles. The van der Waals surface area contributed by atoms with Gasteiger partial charge in [-0.25, -0.2) is 9.97 Å². The van der Waals surface area contributed by atoms with E-state index in [0.29, 0.717) is 17.9 Å². The van der Waals surface area contributed by atoms with Crippen LogP contribution in [0.2, 0.25) is 0 Å². The highest BCUT2D eigenvalue weighted by atomic mass is 32.1. The first-order chi connectivity index (χ1) is 12.7. The van der Waals surface area contributed by atoms with Crippen LogP contribution < -0.4 is 10.6 Å². The van der Waals surface area contributed by atoms with Crippen molar-refractivity contribution in [1.29, 1.82) is 0 Å². The Morgan fingerprint density at radius 3 is 2.77 bits per heavy atom. The number of aryl methyl sites for hydroxylation is 1. The maximum atomic E-state index is 12.4. The molecule has 0 bridgehead atoms. The lowest BCUT2D eigenvalue weighted by Gasteiger charge is -2.07. The number of carbonyl (C=O) groups is 1. The van der Waals surface area contributed by atoms with Crippen molar-refractivity contribution in [3.8, 4) is 11.4 Å². The number of hydrogen-bond acceptors (Lipinski definition) is 7. The van der Waals surface area contributed by atoms with Crippen molar-refractivity contribution < 1.29 is 4.79 Å². The van der Waals surface area contributed by atoms with Crippen LogP contribution >= 0.6 is 11.3 Å². The fraction of sp³-hybridized carbons (Fsp3) is 0.278. The second-order valence-corrected chi connectivity index (χ2v) is 6.65. The van der Waals surface area contributed by atoms with Crippen LogP contribution in [-0.4, -0.2) is 32.6 Å². The average Bonchev–Trinajstić information content (AvgIpc) is 3.15. The van der Waals surface area contributed by atoms with Crippen molar-refractivity contribution in [2.45, 2.75) is 26.8 Å². The average molecular weight is 368 g/mol. The molecular weight excluding hydrogens is 348 g/mol. The summed E-state index contributed by atoms with van der Waals surface area (Å²) in [7, 11) is 0. The highest BCUT2D eigenvalue weighted by molar-refractivity contribution is 7.11. The number of rotatable bonds is 7. The minimum atomic E-state index is -0.164. The molecule has 7 nitrogen and oxygen atoms in total. The van der Waals surface area contributed by atoms with E-state index in [1.807, 2.05) is 32.0 Å². The molecule has 134 valence electrons. The number of anilines is 1. The number of nitrogens with one attached hydrogen (secondary N) is 2. The summed E-state index contributed by atoms with van der Waals surface area (Å²) in [6.45, 7) is 5.19. The summed E-state index contributed by atoms with van der Waals surface area (Å²) < 4.78 is 0. The lowest BCUT2D eigenvalue weighted by molar-refractivity contribution is 0.0951. The number of amides is 1. The third kappa shape index (κ3) is 4.40. The van der Waals surface area contributed by atoms with Gasteiger partial charge in [0.1, 0.15) is 15.8 Å². The van der Waals surface area contributed by atoms with Gasteiger partial charge in [0.25, 0.3) is 5.91 Å². The first-order valence-electron chi connectivity index (χ1n) is 8.46. The van der Waals surface area contributed by atoms with Crippen LogP contribution in [-0.2, 0) is 13.0 Å². The quantitative estimate of drug-likeness (QED) is 0.666. The Kier molecular flexibility index (Phi) is 5.85. The summed E-state index contributed by atoms with van der Waals surface area (Å²) in [5.74, 6) is 1.17. The van der Waals surface area contributed by atoms with Crippen LogP contribution in [0, 0.1) is 0 Å². The summed E-state index contributed by atoms with van der Waals surface area (Å²) in [5, 5.41) is 15.9. The minimum absolute atomic E-state index is 0.164. The van der Waals surface area contributed by atoms with Gasteiger partial charge >= 0.3 is 0 Å². The molecule has 3 aromatic rings. The molecule has 0 saturated heterocycles. The van der Waals surface area contributed by atoms with E-state index >= 15 is 0 Å². The fourth-order valence-electron chi connectivity index (χ4n) is 2.34. The van der Waals surface area contributed by atoms with Crippen molar-refractivity contribution in [1.82, 2.24) is 25.5 Å². The lowest BCUT2D eigenvalue weighted by atomic mass is 10.1. The minimum Gasteiger partial charge on any atom is -0.370 e. The van der Waals surface area contributed by atoms with Crippen molar-refractivity contribution in [3.05, 3.63) is 52.1 Å². The largest absolute Gasteiger partial charge is 0.370 e. The predicted octanol–water partition coefficient (Wildman–Crippen LogP) is 2.92. The van der Waals surface area contributed by atoms with Gasteiger partial charge in [-0.15, -0.1) is 10.2 Å². The molecule has 2 aromatic heterocycles. The molecule has 2 N–H and O–H groups in total. The highest BCUT2D eigenvalue weighted by Crippen LogP contribution is 2.18. The monoisotopic (exact) mass is 368 g/mol. The van der Waals surface area contributed by atoms with Gasteiger partial charge in [0.05, 0.1) is 6.54 Å². The van der Waals surface area contributed by atoms with Gasteiger partial charge in [0.15, 0.2) is 5.82 Å². The first kappa shape index (κ1) is 17.9. The molecule has 0 radical (unpaired) electrons. The lowest BCUT2D eigenvalue weighted by Crippen LogP contribution is -2.22. The van der Waals surface area contributed by atoms with Gasteiger partial charge in [0.2, 0.25) is 0 Å². The van der Waals surface area contributed by atoms with E-state index < -0.39 is 0 Å². The van der Waals surface area contributed by atoms with E-state index in [-0.39, 0.29) is 5.91 Å². The molecule has 0 unspecified atom stereocenters. The molecule has 1 aromatic carbocycles. The molecule has 0 aliphatic heterocycles. The first-order valence-corrected chi connectivity index (χ1v) is 9.28. The van der Waals surface area contributed by atoms with Crippen LogP contribution in [0.25, 0.3) is 11.4 Å². The second-order valence-electron chi connectivity index (χ2n) is 5.50. The van der Waals surface area contributed by atoms with Crippen LogP contribution in [0.5, 0.6) is 0 Å². The van der Waals surface area contributed by atoms with E-state index in [2.05, 4.69) is 30.8 Å². The number of hydrogen-bond donors (Lipinski definition) is 2. The molecule has 26 heavy (non-hydrogen) atoms. The zero-order chi connectivity index (χ0) is 18.4. The molecule has 0 spiro atoms. The van der Waals surface area contributed by atoms with E-state index in [0.717, 1.165) is 34.4 Å². The molecule has 0 atom stereocenters. The molecule has 0 aliphatic carbocycles. The Morgan fingerprint density at radius 1 is 1.15 bits per heavy atom. The molecule has 1 amide bonds. The van der Waals surface area contributed by atoms with Gasteiger partial charge in [-0.2, -0.15) is 0 Å². The summed E-state index contributed by atoms with van der Waals surface area (Å²) >= 11 is 1.51. The van der Waals surface area contributed by atoms with Crippen LogP contribution in [0.3, 0.4) is 0 Å². The molecular formula is C18H20N6OS. The summed E-state index contributed by atoms with van der Waals surface area (Å²) in [6, 6.07) is 9.09. The van der Waals surface area contributed by atoms with Gasteiger partial charge in [-0.05, 0) is 31.5 Å². The Balaban J connectivity index is 1.71. The van der Waals surface area contributed by atoms with Crippen molar-refractivity contribution in [2.24, 2.45) is 0 Å². The maximum Gasteiger partial charge on any atom is 0.251 e. The topological polar surface area (TPSA) is 92.7 Å². The molecule has 3 rings (SSSR count). The van der Waals surface area contributed by atoms with Crippen LogP contribution in [0.4, 0.5) is 5.82 Å². The Bertz CT molecular complexity index is 895. The number of carbonyl (C=O) groups excluding carboxylic acids is 1. The molecule has 2 heterocycles. The van der Waals surface area contributed by atoms with E-state index in [4.69, 9.17) is 0 Å². The maximum absolute atomic E-state index is 12.4. The fourth-order valence-corrected chi connectivity index (χ4v) is 3.06. The van der Waals surface area contributed by atoms with Crippen molar-refractivity contribution in [3.63, 3.8) is 0 Å². The van der Waals surface area contributed by atoms with Crippen molar-refractivity contribution >= 4 is 23.1 Å². The summed E-state index contributed by atoms with van der Waals surface area (Å²) in [4.78, 5) is 21.2. The highest BCUT2D eigenvalue weighted by Gasteiger charge is 2.10. The van der Waals surface area contributed by atoms with E-state index in [1.165, 1.54) is 11.3 Å². The summed E-state index contributed by atoms with van der Waals surface area (Å²) in [5.41, 5.74) is 1.35. The SMILES string of the molecule is CCNc1ccnc(-c2cccc(C(=O)NCc3nnc(CC)s3)c2)n1. The van der Waals surface area contributed by atoms with E-state index in [9.17, 15) is 4.79 Å². The van der Waals surface area contributed by atoms with Gasteiger partial charge in [0, 0.05) is 23.9 Å². The number of benzene rings is 1.